The summed E-state index contributed by atoms with van der Waals surface area (Å²) in [7, 11) is 3.98. The Hall–Kier alpha value is -4.56. The van der Waals surface area contributed by atoms with Gasteiger partial charge in [0, 0.05) is 53.5 Å². The van der Waals surface area contributed by atoms with E-state index in [9.17, 15) is 4.79 Å². The summed E-state index contributed by atoms with van der Waals surface area (Å²) in [6, 6.07) is 18.8. The summed E-state index contributed by atoms with van der Waals surface area (Å²) in [5, 5.41) is 4.83. The standard InChI is InChI=1S/C28H25N5O3/c1-33(2)15-16-35-21-9-7-20(8-10-21)32-28(34)36-25-12-11-23(26-27(25)31-14-13-30-26)24-18-29-17-19-5-3-4-6-22(19)24/h3-14,17-18H,15-16H2,1-2H3,(H,32,34). The molecule has 0 saturated heterocycles. The second-order valence-electron chi connectivity index (χ2n) is 8.46. The highest BCUT2D eigenvalue weighted by Gasteiger charge is 2.16. The van der Waals surface area contributed by atoms with Gasteiger partial charge in [0.25, 0.3) is 0 Å². The number of rotatable bonds is 7. The fourth-order valence-corrected chi connectivity index (χ4v) is 3.89. The van der Waals surface area contributed by atoms with Crippen LogP contribution in [0.4, 0.5) is 10.5 Å². The number of ether oxygens (including phenoxy) is 2. The number of amides is 1. The molecule has 5 aromatic rings. The number of carbonyl (C=O) groups is 1. The molecular weight excluding hydrogens is 454 g/mol. The van der Waals surface area contributed by atoms with Gasteiger partial charge in [-0.25, -0.2) is 9.78 Å². The van der Waals surface area contributed by atoms with E-state index in [2.05, 4.69) is 20.3 Å². The highest BCUT2D eigenvalue weighted by atomic mass is 16.6. The topological polar surface area (TPSA) is 89.5 Å². The van der Waals surface area contributed by atoms with Gasteiger partial charge in [-0.1, -0.05) is 24.3 Å². The third-order valence-electron chi connectivity index (χ3n) is 5.66. The van der Waals surface area contributed by atoms with Gasteiger partial charge in [-0.05, 0) is 55.9 Å². The first-order valence-corrected chi connectivity index (χ1v) is 11.5. The zero-order valence-corrected chi connectivity index (χ0v) is 20.0. The van der Waals surface area contributed by atoms with Crippen molar-refractivity contribution in [1.29, 1.82) is 0 Å². The van der Waals surface area contributed by atoms with Crippen LogP contribution in [-0.4, -0.2) is 53.2 Å². The molecule has 5 rings (SSSR count). The van der Waals surface area contributed by atoms with Crippen LogP contribution in [0.15, 0.2) is 85.5 Å². The van der Waals surface area contributed by atoms with Gasteiger partial charge in [-0.15, -0.1) is 0 Å². The SMILES string of the molecule is CN(C)CCOc1ccc(NC(=O)Oc2ccc(-c3cncc4ccccc34)c3nccnc23)cc1. The summed E-state index contributed by atoms with van der Waals surface area (Å²) in [4.78, 5) is 28.1. The van der Waals surface area contributed by atoms with Crippen molar-refractivity contribution in [2.24, 2.45) is 0 Å². The zero-order valence-electron chi connectivity index (χ0n) is 20.0. The number of nitrogens with one attached hydrogen (secondary N) is 1. The number of nitrogens with zero attached hydrogens (tertiary/aromatic N) is 4. The second kappa shape index (κ2) is 10.4. The molecule has 0 atom stereocenters. The molecule has 2 heterocycles. The maximum Gasteiger partial charge on any atom is 0.417 e. The summed E-state index contributed by atoms with van der Waals surface area (Å²) in [6.07, 6.45) is 6.22. The molecule has 0 unspecified atom stereocenters. The maximum atomic E-state index is 12.7. The van der Waals surface area contributed by atoms with Crippen LogP contribution in [0.2, 0.25) is 0 Å². The van der Waals surface area contributed by atoms with Crippen molar-refractivity contribution in [1.82, 2.24) is 19.9 Å². The van der Waals surface area contributed by atoms with Crippen LogP contribution in [0.25, 0.3) is 32.9 Å². The molecule has 0 radical (unpaired) electrons. The highest BCUT2D eigenvalue weighted by Crippen LogP contribution is 2.35. The molecule has 0 aliphatic carbocycles. The summed E-state index contributed by atoms with van der Waals surface area (Å²) in [5.74, 6) is 1.05. The third kappa shape index (κ3) is 5.08. The molecule has 0 aliphatic rings. The lowest BCUT2D eigenvalue weighted by Gasteiger charge is -2.13. The molecule has 1 amide bonds. The Bertz CT molecular complexity index is 1510. The average Bonchev–Trinajstić information content (AvgIpc) is 2.89. The van der Waals surface area contributed by atoms with Gasteiger partial charge in [0.05, 0.1) is 0 Å². The Balaban J connectivity index is 1.36. The van der Waals surface area contributed by atoms with Crippen molar-refractivity contribution in [3.63, 3.8) is 0 Å². The van der Waals surface area contributed by atoms with Crippen LogP contribution in [0.5, 0.6) is 11.5 Å². The molecule has 0 aliphatic heterocycles. The number of likely N-dealkylation sites (N-methyl/N-ethyl adjacent to an activating group) is 1. The summed E-state index contributed by atoms with van der Waals surface area (Å²) in [5.41, 5.74) is 3.50. The van der Waals surface area contributed by atoms with Crippen LogP contribution in [0, 0.1) is 0 Å². The van der Waals surface area contributed by atoms with Crippen LogP contribution >= 0.6 is 0 Å². The first-order valence-electron chi connectivity index (χ1n) is 11.5. The Morgan fingerprint density at radius 3 is 2.47 bits per heavy atom. The van der Waals surface area contributed by atoms with Crippen molar-refractivity contribution in [3.8, 4) is 22.6 Å². The Morgan fingerprint density at radius 2 is 1.67 bits per heavy atom. The van der Waals surface area contributed by atoms with Crippen molar-refractivity contribution in [2.45, 2.75) is 0 Å². The molecule has 0 fully saturated rings. The van der Waals surface area contributed by atoms with Crippen LogP contribution in [-0.2, 0) is 0 Å². The van der Waals surface area contributed by atoms with E-state index in [4.69, 9.17) is 9.47 Å². The first-order chi connectivity index (χ1) is 17.6. The largest absolute Gasteiger partial charge is 0.492 e. The lowest BCUT2D eigenvalue weighted by atomic mass is 9.99. The van der Waals surface area contributed by atoms with Gasteiger partial charge in [-0.2, -0.15) is 0 Å². The molecule has 8 heteroatoms. The van der Waals surface area contributed by atoms with Crippen molar-refractivity contribution >= 4 is 33.6 Å². The van der Waals surface area contributed by atoms with E-state index < -0.39 is 6.09 Å². The predicted octanol–water partition coefficient (Wildman–Crippen LogP) is 5.40. The molecule has 1 N–H and O–H groups in total. The number of aromatic nitrogens is 3. The van der Waals surface area contributed by atoms with E-state index >= 15 is 0 Å². The van der Waals surface area contributed by atoms with Gasteiger partial charge >= 0.3 is 6.09 Å². The molecule has 0 bridgehead atoms. The Morgan fingerprint density at radius 1 is 0.889 bits per heavy atom. The van der Waals surface area contributed by atoms with Crippen LogP contribution in [0.3, 0.4) is 0 Å². The number of benzene rings is 3. The van der Waals surface area contributed by atoms with Crippen molar-refractivity contribution in [3.05, 3.63) is 85.5 Å². The molecule has 8 nitrogen and oxygen atoms in total. The fraction of sp³-hybridized carbons (Fsp3) is 0.143. The van der Waals surface area contributed by atoms with E-state index in [0.29, 0.717) is 29.1 Å². The number of anilines is 1. The van der Waals surface area contributed by atoms with Gasteiger partial charge in [0.2, 0.25) is 0 Å². The molecule has 180 valence electrons. The Kier molecular flexibility index (Phi) is 6.68. The van der Waals surface area contributed by atoms with E-state index in [1.165, 1.54) is 0 Å². The Labute approximate surface area is 208 Å². The quantitative estimate of drug-likeness (QED) is 0.334. The predicted molar refractivity (Wildman–Crippen MR) is 140 cm³/mol. The van der Waals surface area contributed by atoms with Crippen LogP contribution in [0.1, 0.15) is 0 Å². The number of hydrogen-bond acceptors (Lipinski definition) is 7. The van der Waals surface area contributed by atoms with Crippen molar-refractivity contribution in [2.75, 3.05) is 32.6 Å². The van der Waals surface area contributed by atoms with Gasteiger partial charge in [0.15, 0.2) is 5.75 Å². The maximum absolute atomic E-state index is 12.7. The first kappa shape index (κ1) is 23.2. The van der Waals surface area contributed by atoms with E-state index in [1.807, 2.05) is 61.7 Å². The summed E-state index contributed by atoms with van der Waals surface area (Å²) < 4.78 is 11.3. The molecule has 0 spiro atoms. The second-order valence-corrected chi connectivity index (χ2v) is 8.46. The van der Waals surface area contributed by atoms with E-state index in [0.717, 1.165) is 34.2 Å². The minimum absolute atomic E-state index is 0.316. The molecule has 36 heavy (non-hydrogen) atoms. The summed E-state index contributed by atoms with van der Waals surface area (Å²) >= 11 is 0. The van der Waals surface area contributed by atoms with Gasteiger partial charge in [-0.3, -0.25) is 15.3 Å². The minimum Gasteiger partial charge on any atom is -0.492 e. The van der Waals surface area contributed by atoms with E-state index in [1.54, 1.807) is 42.7 Å². The average molecular weight is 480 g/mol. The summed E-state index contributed by atoms with van der Waals surface area (Å²) in [6.45, 7) is 1.40. The monoisotopic (exact) mass is 479 g/mol. The minimum atomic E-state index is -0.622. The molecule has 3 aromatic carbocycles. The number of fused-ring (bicyclic) bond motifs is 2. The molecule has 2 aromatic heterocycles. The number of pyridine rings is 1. The van der Waals surface area contributed by atoms with Gasteiger partial charge < -0.3 is 14.4 Å². The number of carbonyl (C=O) groups excluding carboxylic acids is 1. The molecule has 0 saturated carbocycles. The lowest BCUT2D eigenvalue weighted by Crippen LogP contribution is -2.19. The third-order valence-corrected chi connectivity index (χ3v) is 5.66. The fourth-order valence-electron chi connectivity index (χ4n) is 3.89. The van der Waals surface area contributed by atoms with Crippen LogP contribution < -0.4 is 14.8 Å². The lowest BCUT2D eigenvalue weighted by molar-refractivity contribution is 0.215. The highest BCUT2D eigenvalue weighted by molar-refractivity contribution is 6.04. The van der Waals surface area contributed by atoms with E-state index in [-0.39, 0.29) is 0 Å². The normalized spacial score (nSPS) is 11.1. The number of hydrogen-bond donors (Lipinski definition) is 1. The molecular formula is C28H25N5O3. The van der Waals surface area contributed by atoms with Crippen molar-refractivity contribution < 1.29 is 14.3 Å². The smallest absolute Gasteiger partial charge is 0.417 e. The zero-order chi connectivity index (χ0) is 24.9. The van der Waals surface area contributed by atoms with Gasteiger partial charge in [0.1, 0.15) is 23.4 Å².